The van der Waals surface area contributed by atoms with Gasteiger partial charge in [-0.2, -0.15) is 4.98 Å². The summed E-state index contributed by atoms with van der Waals surface area (Å²) in [5, 5.41) is 12.5. The van der Waals surface area contributed by atoms with Crippen molar-refractivity contribution >= 4 is 0 Å². The Kier molecular flexibility index (Phi) is 2.25. The first-order valence-electron chi connectivity index (χ1n) is 4.69. The molecular weight excluding hydrogens is 182 g/mol. The zero-order valence-corrected chi connectivity index (χ0v) is 8.00. The molecule has 0 unspecified atom stereocenters. The number of aromatic hydroxyl groups is 1. The smallest absolute Gasteiger partial charge is 0.257 e. The summed E-state index contributed by atoms with van der Waals surface area (Å²) in [5.41, 5.74) is -0.00901. The number of rotatable bonds is 3. The largest absolute Gasteiger partial charge is 0.493 e. The minimum absolute atomic E-state index is 0.179. The van der Waals surface area contributed by atoms with Crippen molar-refractivity contribution in [2.24, 2.45) is 0 Å². The monoisotopic (exact) mass is 195 g/mol. The molecule has 0 atom stereocenters. The Bertz CT molecular complexity index is 396. The van der Waals surface area contributed by atoms with Crippen molar-refractivity contribution in [2.45, 2.75) is 32.4 Å². The molecule has 0 amide bonds. The molecule has 76 valence electrons. The lowest BCUT2D eigenvalue weighted by Gasteiger charge is -2.03. The first kappa shape index (κ1) is 9.21. The van der Waals surface area contributed by atoms with Crippen molar-refractivity contribution in [3.05, 3.63) is 21.7 Å². The average Bonchev–Trinajstić information content (AvgIpc) is 2.94. The molecule has 1 heterocycles. The minimum atomic E-state index is -0.273. The lowest BCUT2D eigenvalue weighted by molar-refractivity contribution is 0.440. The Labute approximate surface area is 81.2 Å². The fraction of sp³-hybridized carbons (Fsp3) is 0.556. The van der Waals surface area contributed by atoms with Gasteiger partial charge in [-0.05, 0) is 19.8 Å². The number of nitrogens with zero attached hydrogens (tertiary/aromatic N) is 1. The fourth-order valence-corrected chi connectivity index (χ4v) is 1.18. The molecule has 14 heavy (non-hydrogen) atoms. The third-order valence-corrected chi connectivity index (χ3v) is 2.31. The Morgan fingerprint density at radius 3 is 2.93 bits per heavy atom. The molecule has 0 aliphatic heterocycles. The minimum Gasteiger partial charge on any atom is -0.493 e. The first-order chi connectivity index (χ1) is 6.66. The number of H-pyrrole nitrogens is 1. The molecule has 1 aromatic heterocycles. The number of aromatic nitrogens is 2. The molecule has 2 rings (SSSR count). The van der Waals surface area contributed by atoms with Gasteiger partial charge in [-0.3, -0.25) is 4.79 Å². The second-order valence-corrected chi connectivity index (χ2v) is 3.62. The quantitative estimate of drug-likeness (QED) is 0.636. The highest BCUT2D eigenvalue weighted by atomic mass is 16.3. The molecule has 5 nitrogen and oxygen atoms in total. The third kappa shape index (κ3) is 1.93. The molecule has 5 heteroatoms. The first-order valence-corrected chi connectivity index (χ1v) is 4.69. The summed E-state index contributed by atoms with van der Waals surface area (Å²) in [5.74, 6) is 0.311. The van der Waals surface area contributed by atoms with Crippen LogP contribution in [0.1, 0.15) is 24.2 Å². The SMILES string of the molecule is Cc1c(O)nc(CNC2CC2)[nH]c1=O. The van der Waals surface area contributed by atoms with E-state index in [0.717, 1.165) is 0 Å². The maximum atomic E-state index is 11.2. The van der Waals surface area contributed by atoms with Gasteiger partial charge in [0.25, 0.3) is 5.56 Å². The van der Waals surface area contributed by atoms with Crippen LogP contribution in [0.2, 0.25) is 0 Å². The number of hydrogen-bond donors (Lipinski definition) is 3. The van der Waals surface area contributed by atoms with Gasteiger partial charge < -0.3 is 15.4 Å². The van der Waals surface area contributed by atoms with Crippen molar-refractivity contribution in [2.75, 3.05) is 0 Å². The van der Waals surface area contributed by atoms with E-state index in [1.165, 1.54) is 12.8 Å². The van der Waals surface area contributed by atoms with Crippen LogP contribution in [-0.4, -0.2) is 21.1 Å². The fourth-order valence-electron chi connectivity index (χ4n) is 1.18. The lowest BCUT2D eigenvalue weighted by Crippen LogP contribution is -2.21. The highest BCUT2D eigenvalue weighted by Gasteiger charge is 2.20. The summed E-state index contributed by atoms with van der Waals surface area (Å²) in [6, 6.07) is 0.559. The van der Waals surface area contributed by atoms with E-state index in [2.05, 4.69) is 15.3 Å². The number of aromatic amines is 1. The van der Waals surface area contributed by atoms with E-state index in [-0.39, 0.29) is 17.0 Å². The summed E-state index contributed by atoms with van der Waals surface area (Å²) in [6.07, 6.45) is 2.37. The molecule has 1 aliphatic carbocycles. The van der Waals surface area contributed by atoms with E-state index in [4.69, 9.17) is 0 Å². The van der Waals surface area contributed by atoms with Crippen molar-refractivity contribution < 1.29 is 5.11 Å². The molecule has 3 N–H and O–H groups in total. The van der Waals surface area contributed by atoms with Gasteiger partial charge in [0.05, 0.1) is 12.1 Å². The topological polar surface area (TPSA) is 78.0 Å². The van der Waals surface area contributed by atoms with Crippen molar-refractivity contribution in [3.8, 4) is 5.88 Å². The molecule has 1 saturated carbocycles. The van der Waals surface area contributed by atoms with Crippen LogP contribution < -0.4 is 10.9 Å². The predicted molar refractivity (Wildman–Crippen MR) is 51.1 cm³/mol. The normalized spacial score (nSPS) is 15.8. The molecule has 1 aliphatic rings. The summed E-state index contributed by atoms with van der Waals surface area (Å²) in [4.78, 5) is 17.7. The predicted octanol–water partition coefficient (Wildman–Crippen LogP) is 0.0359. The Morgan fingerprint density at radius 1 is 1.64 bits per heavy atom. The number of hydrogen-bond acceptors (Lipinski definition) is 4. The zero-order valence-electron chi connectivity index (χ0n) is 8.00. The van der Waals surface area contributed by atoms with Crippen LogP contribution in [-0.2, 0) is 6.54 Å². The molecule has 0 saturated heterocycles. The van der Waals surface area contributed by atoms with Crippen LogP contribution in [0, 0.1) is 6.92 Å². The van der Waals surface area contributed by atoms with Crippen molar-refractivity contribution in [1.29, 1.82) is 0 Å². The van der Waals surface area contributed by atoms with Gasteiger partial charge in [-0.25, -0.2) is 0 Å². The van der Waals surface area contributed by atoms with E-state index in [1.807, 2.05) is 0 Å². The molecule has 1 aromatic rings. The summed E-state index contributed by atoms with van der Waals surface area (Å²) in [7, 11) is 0. The molecule has 0 aromatic carbocycles. The van der Waals surface area contributed by atoms with Crippen LogP contribution in [0.4, 0.5) is 0 Å². The second-order valence-electron chi connectivity index (χ2n) is 3.62. The third-order valence-electron chi connectivity index (χ3n) is 2.31. The summed E-state index contributed by atoms with van der Waals surface area (Å²) < 4.78 is 0. The lowest BCUT2D eigenvalue weighted by atomic mass is 10.3. The van der Waals surface area contributed by atoms with E-state index in [9.17, 15) is 9.90 Å². The highest BCUT2D eigenvalue weighted by Crippen LogP contribution is 2.18. The molecule has 0 spiro atoms. The van der Waals surface area contributed by atoms with Gasteiger partial charge in [-0.15, -0.1) is 0 Å². The van der Waals surface area contributed by atoms with Crippen LogP contribution >= 0.6 is 0 Å². The van der Waals surface area contributed by atoms with Gasteiger partial charge in [-0.1, -0.05) is 0 Å². The molecule has 1 fully saturated rings. The summed E-state index contributed by atoms with van der Waals surface area (Å²) in [6.45, 7) is 2.05. The molecular formula is C9H13N3O2. The van der Waals surface area contributed by atoms with Crippen LogP contribution in [0.25, 0.3) is 0 Å². The number of nitrogens with one attached hydrogen (secondary N) is 2. The Balaban J connectivity index is 2.13. The van der Waals surface area contributed by atoms with E-state index in [0.29, 0.717) is 18.4 Å². The van der Waals surface area contributed by atoms with Gasteiger partial charge >= 0.3 is 0 Å². The van der Waals surface area contributed by atoms with Crippen LogP contribution in [0.3, 0.4) is 0 Å². The molecule has 0 bridgehead atoms. The van der Waals surface area contributed by atoms with Crippen molar-refractivity contribution in [3.63, 3.8) is 0 Å². The molecule has 0 radical (unpaired) electrons. The Morgan fingerprint density at radius 2 is 2.36 bits per heavy atom. The van der Waals surface area contributed by atoms with Gasteiger partial charge in [0.1, 0.15) is 5.82 Å². The van der Waals surface area contributed by atoms with E-state index in [1.54, 1.807) is 6.92 Å². The van der Waals surface area contributed by atoms with Crippen LogP contribution in [0.15, 0.2) is 4.79 Å². The van der Waals surface area contributed by atoms with Gasteiger partial charge in [0.2, 0.25) is 5.88 Å². The van der Waals surface area contributed by atoms with Crippen molar-refractivity contribution in [1.82, 2.24) is 15.3 Å². The highest BCUT2D eigenvalue weighted by molar-refractivity contribution is 5.20. The zero-order chi connectivity index (χ0) is 10.1. The van der Waals surface area contributed by atoms with Crippen LogP contribution in [0.5, 0.6) is 5.88 Å². The maximum absolute atomic E-state index is 11.2. The maximum Gasteiger partial charge on any atom is 0.257 e. The standard InChI is InChI=1S/C9H13N3O2/c1-5-8(13)11-7(12-9(5)14)4-10-6-2-3-6/h6,10H,2-4H2,1H3,(H2,11,12,13,14). The van der Waals surface area contributed by atoms with Gasteiger partial charge in [0, 0.05) is 6.04 Å². The average molecular weight is 195 g/mol. The van der Waals surface area contributed by atoms with Gasteiger partial charge in [0.15, 0.2) is 0 Å². The Hall–Kier alpha value is -1.36. The van der Waals surface area contributed by atoms with E-state index >= 15 is 0 Å². The summed E-state index contributed by atoms with van der Waals surface area (Å²) >= 11 is 0. The van der Waals surface area contributed by atoms with E-state index < -0.39 is 0 Å². The second kappa shape index (κ2) is 3.42.